The molecule has 14 heavy (non-hydrogen) atoms. The van der Waals surface area contributed by atoms with Crippen LogP contribution in [0, 0.1) is 5.92 Å². The molecule has 78 valence electrons. The van der Waals surface area contributed by atoms with E-state index in [0.29, 0.717) is 19.5 Å². The first-order valence-corrected chi connectivity index (χ1v) is 4.65. The quantitative estimate of drug-likeness (QED) is 0.630. The highest BCUT2D eigenvalue weighted by molar-refractivity contribution is 5.75. The third kappa shape index (κ3) is 1.37. The van der Waals surface area contributed by atoms with E-state index < -0.39 is 11.9 Å². The number of carboxylic acids is 1. The molecule has 2 aliphatic rings. The van der Waals surface area contributed by atoms with E-state index in [1.807, 2.05) is 0 Å². The molecular weight excluding hydrogens is 186 g/mol. The van der Waals surface area contributed by atoms with E-state index >= 15 is 0 Å². The molecule has 0 aromatic heterocycles. The number of carbonyl (C=O) groups excluding carboxylic acids is 1. The predicted octanol–water partition coefficient (Wildman–Crippen LogP) is -0.292. The average Bonchev–Trinajstić information content (AvgIpc) is 2.44. The molecule has 2 heterocycles. The molecule has 1 atom stereocenters. The third-order valence-electron chi connectivity index (χ3n) is 2.96. The lowest BCUT2D eigenvalue weighted by Crippen LogP contribution is -2.62. The van der Waals surface area contributed by atoms with E-state index in [9.17, 15) is 9.59 Å². The van der Waals surface area contributed by atoms with Crippen molar-refractivity contribution in [3.63, 3.8) is 0 Å². The summed E-state index contributed by atoms with van der Waals surface area (Å²) < 4.78 is 5.46. The largest absolute Gasteiger partial charge is 0.481 e. The lowest BCUT2D eigenvalue weighted by atomic mass is 9.87. The molecule has 0 aromatic carbocycles. The van der Waals surface area contributed by atoms with Gasteiger partial charge in [-0.25, -0.2) is 0 Å². The molecule has 1 N–H and O–H groups in total. The fraction of sp³-hybridized carbons (Fsp3) is 0.778. The Hall–Kier alpha value is -1.10. The van der Waals surface area contributed by atoms with E-state index in [1.54, 1.807) is 4.90 Å². The van der Waals surface area contributed by atoms with Crippen LogP contribution in [0.1, 0.15) is 13.3 Å². The normalized spacial score (nSPS) is 28.9. The van der Waals surface area contributed by atoms with Crippen molar-refractivity contribution in [2.75, 3.05) is 19.7 Å². The van der Waals surface area contributed by atoms with Gasteiger partial charge in [-0.2, -0.15) is 0 Å². The first-order chi connectivity index (χ1) is 6.52. The molecule has 2 fully saturated rings. The van der Waals surface area contributed by atoms with Gasteiger partial charge in [0.15, 0.2) is 0 Å². The van der Waals surface area contributed by atoms with Crippen LogP contribution in [0.5, 0.6) is 0 Å². The Morgan fingerprint density at radius 1 is 1.50 bits per heavy atom. The van der Waals surface area contributed by atoms with Crippen molar-refractivity contribution in [1.29, 1.82) is 0 Å². The van der Waals surface area contributed by atoms with E-state index in [1.165, 1.54) is 6.92 Å². The number of aliphatic carboxylic acids is 1. The number of hydrogen-bond acceptors (Lipinski definition) is 3. The number of amides is 1. The van der Waals surface area contributed by atoms with Gasteiger partial charge in [0.1, 0.15) is 5.60 Å². The molecule has 1 unspecified atom stereocenters. The summed E-state index contributed by atoms with van der Waals surface area (Å²) in [5.41, 5.74) is -0.352. The summed E-state index contributed by atoms with van der Waals surface area (Å²) >= 11 is 0. The van der Waals surface area contributed by atoms with Crippen LogP contribution in [0.15, 0.2) is 0 Å². The summed E-state index contributed by atoms with van der Waals surface area (Å²) in [6, 6.07) is 0. The van der Waals surface area contributed by atoms with Crippen LogP contribution in [-0.4, -0.2) is 47.2 Å². The highest BCUT2D eigenvalue weighted by Crippen LogP contribution is 2.37. The molecule has 0 aromatic rings. The molecular formula is C9H13NO4. The summed E-state index contributed by atoms with van der Waals surface area (Å²) in [6.07, 6.45) is 0.534. The molecule has 0 radical (unpaired) electrons. The smallest absolute Gasteiger partial charge is 0.308 e. The zero-order valence-electron chi connectivity index (χ0n) is 8.02. The van der Waals surface area contributed by atoms with Crippen LogP contribution in [0.25, 0.3) is 0 Å². The Bertz CT molecular complexity index is 283. The van der Waals surface area contributed by atoms with Gasteiger partial charge >= 0.3 is 5.97 Å². The van der Waals surface area contributed by atoms with Crippen LogP contribution in [0.4, 0.5) is 0 Å². The fourth-order valence-corrected chi connectivity index (χ4v) is 2.10. The summed E-state index contributed by atoms with van der Waals surface area (Å²) in [6.45, 7) is 2.88. The molecule has 0 saturated carbocycles. The second kappa shape index (κ2) is 2.95. The molecule has 0 bridgehead atoms. The molecule has 0 aliphatic carbocycles. The first-order valence-electron chi connectivity index (χ1n) is 4.65. The van der Waals surface area contributed by atoms with Gasteiger partial charge in [-0.05, 0) is 6.42 Å². The second-order valence-corrected chi connectivity index (χ2v) is 4.11. The standard InChI is InChI=1S/C9H13NO4/c1-6(11)10-4-9(5-10)2-7(3-14-9)8(12)13/h7H,2-5H2,1H3,(H,12,13). The van der Waals surface area contributed by atoms with Crippen molar-refractivity contribution in [3.8, 4) is 0 Å². The van der Waals surface area contributed by atoms with Crippen LogP contribution >= 0.6 is 0 Å². The van der Waals surface area contributed by atoms with Crippen molar-refractivity contribution in [1.82, 2.24) is 4.90 Å². The van der Waals surface area contributed by atoms with Crippen molar-refractivity contribution in [2.24, 2.45) is 5.92 Å². The van der Waals surface area contributed by atoms with Gasteiger partial charge in [0, 0.05) is 6.92 Å². The minimum absolute atomic E-state index is 0.0259. The highest BCUT2D eigenvalue weighted by Gasteiger charge is 2.52. The predicted molar refractivity (Wildman–Crippen MR) is 46.7 cm³/mol. The highest BCUT2D eigenvalue weighted by atomic mass is 16.5. The molecule has 1 amide bonds. The monoisotopic (exact) mass is 199 g/mol. The van der Waals surface area contributed by atoms with Crippen LogP contribution in [0.3, 0.4) is 0 Å². The number of rotatable bonds is 1. The molecule has 5 heteroatoms. The Balaban J connectivity index is 1.91. The average molecular weight is 199 g/mol. The Kier molecular flexibility index (Phi) is 1.99. The van der Waals surface area contributed by atoms with Crippen LogP contribution < -0.4 is 0 Å². The Morgan fingerprint density at radius 3 is 2.57 bits per heavy atom. The first kappa shape index (κ1) is 9.45. The second-order valence-electron chi connectivity index (χ2n) is 4.11. The summed E-state index contributed by atoms with van der Waals surface area (Å²) in [5.74, 6) is -1.18. The zero-order valence-corrected chi connectivity index (χ0v) is 8.02. The van der Waals surface area contributed by atoms with E-state index in [4.69, 9.17) is 9.84 Å². The summed E-state index contributed by atoms with van der Waals surface area (Å²) in [4.78, 5) is 23.3. The molecule has 1 spiro atoms. The summed E-state index contributed by atoms with van der Waals surface area (Å²) in [7, 11) is 0. The van der Waals surface area contributed by atoms with Gasteiger partial charge in [-0.3, -0.25) is 9.59 Å². The Labute approximate surface area is 81.6 Å². The van der Waals surface area contributed by atoms with Gasteiger partial charge in [0.25, 0.3) is 0 Å². The van der Waals surface area contributed by atoms with Crippen LogP contribution in [-0.2, 0) is 14.3 Å². The zero-order chi connectivity index (χ0) is 10.3. The molecule has 2 rings (SSSR count). The number of carbonyl (C=O) groups is 2. The molecule has 5 nitrogen and oxygen atoms in total. The molecule has 2 saturated heterocycles. The Morgan fingerprint density at radius 2 is 2.14 bits per heavy atom. The topological polar surface area (TPSA) is 66.8 Å². The van der Waals surface area contributed by atoms with Gasteiger partial charge in [-0.1, -0.05) is 0 Å². The van der Waals surface area contributed by atoms with Crippen molar-refractivity contribution >= 4 is 11.9 Å². The van der Waals surface area contributed by atoms with E-state index in [0.717, 1.165) is 0 Å². The van der Waals surface area contributed by atoms with Crippen LogP contribution in [0.2, 0.25) is 0 Å². The number of hydrogen-bond donors (Lipinski definition) is 1. The maximum atomic E-state index is 10.9. The number of ether oxygens (including phenoxy) is 1. The number of likely N-dealkylation sites (tertiary alicyclic amines) is 1. The number of nitrogens with zero attached hydrogens (tertiary/aromatic N) is 1. The minimum atomic E-state index is -0.803. The van der Waals surface area contributed by atoms with Gasteiger partial charge < -0.3 is 14.7 Å². The minimum Gasteiger partial charge on any atom is -0.481 e. The van der Waals surface area contributed by atoms with Gasteiger partial charge in [0.05, 0.1) is 25.6 Å². The van der Waals surface area contributed by atoms with Crippen molar-refractivity contribution < 1.29 is 19.4 Å². The van der Waals surface area contributed by atoms with E-state index in [-0.39, 0.29) is 18.1 Å². The maximum Gasteiger partial charge on any atom is 0.308 e. The number of carboxylic acid groups (broad SMARTS) is 1. The third-order valence-corrected chi connectivity index (χ3v) is 2.96. The lowest BCUT2D eigenvalue weighted by Gasteiger charge is -2.46. The SMILES string of the molecule is CC(=O)N1CC2(CC(C(=O)O)CO2)C1. The van der Waals surface area contributed by atoms with E-state index in [2.05, 4.69) is 0 Å². The van der Waals surface area contributed by atoms with Crippen molar-refractivity contribution in [2.45, 2.75) is 18.9 Å². The maximum absolute atomic E-state index is 10.9. The lowest BCUT2D eigenvalue weighted by molar-refractivity contribution is -0.155. The molecule has 2 aliphatic heterocycles. The van der Waals surface area contributed by atoms with Gasteiger partial charge in [-0.15, -0.1) is 0 Å². The fourth-order valence-electron chi connectivity index (χ4n) is 2.10. The van der Waals surface area contributed by atoms with Crippen molar-refractivity contribution in [3.05, 3.63) is 0 Å². The summed E-state index contributed by atoms with van der Waals surface area (Å²) in [5, 5.41) is 8.78. The van der Waals surface area contributed by atoms with Gasteiger partial charge in [0.2, 0.25) is 5.91 Å².